The van der Waals surface area contributed by atoms with Crippen molar-refractivity contribution >= 4 is 27.0 Å². The minimum absolute atomic E-state index is 0.00965. The minimum Gasteiger partial charge on any atom is -0.316 e. The Balaban J connectivity index is 2.65. The van der Waals surface area contributed by atoms with Gasteiger partial charge in [0.05, 0.1) is 17.5 Å². The fraction of sp³-hybridized carbons (Fsp3) is 0.200. The van der Waals surface area contributed by atoms with Gasteiger partial charge < -0.3 is 9.97 Å². The van der Waals surface area contributed by atoms with Crippen molar-refractivity contribution in [2.24, 2.45) is 0 Å². The number of nitrogens with one attached hydrogen (secondary N) is 2. The predicted molar refractivity (Wildman–Crippen MR) is 62.6 cm³/mol. The lowest BCUT2D eigenvalue weighted by molar-refractivity contribution is -0.127. The largest absolute Gasteiger partial charge is 0.393 e. The average Bonchev–Trinajstić information content (AvgIpc) is 2.18. The third-order valence-electron chi connectivity index (χ3n) is 2.25. The number of H-pyrrole nitrogens is 2. The molecule has 2 rings (SSSR count). The first-order valence-electron chi connectivity index (χ1n) is 4.78. The third kappa shape index (κ3) is 2.63. The second-order valence-electron chi connectivity index (χ2n) is 3.70. The fourth-order valence-corrected chi connectivity index (χ4v) is 2.18. The van der Waals surface area contributed by atoms with Crippen molar-refractivity contribution in [1.29, 1.82) is 0 Å². The minimum atomic E-state index is -4.34. The summed E-state index contributed by atoms with van der Waals surface area (Å²) in [6.07, 6.45) is -5.45. The van der Waals surface area contributed by atoms with Gasteiger partial charge in [0.2, 0.25) is 0 Å². The van der Waals surface area contributed by atoms with Crippen molar-refractivity contribution in [2.45, 2.75) is 12.6 Å². The SMILES string of the molecule is O=c1[nH]c2cc(CC(F)(F)F)cc(Br)c2[nH]c1=O. The molecule has 18 heavy (non-hydrogen) atoms. The second-order valence-corrected chi connectivity index (χ2v) is 4.55. The summed E-state index contributed by atoms with van der Waals surface area (Å²) in [4.78, 5) is 26.7. The molecular weight excluding hydrogens is 317 g/mol. The van der Waals surface area contributed by atoms with Gasteiger partial charge in [0.25, 0.3) is 0 Å². The molecule has 0 radical (unpaired) electrons. The Morgan fingerprint density at radius 3 is 2.33 bits per heavy atom. The number of rotatable bonds is 1. The zero-order valence-electron chi connectivity index (χ0n) is 8.69. The summed E-state index contributed by atoms with van der Waals surface area (Å²) in [7, 11) is 0. The zero-order chi connectivity index (χ0) is 13.5. The van der Waals surface area contributed by atoms with E-state index in [0.717, 1.165) is 0 Å². The molecule has 96 valence electrons. The lowest BCUT2D eigenvalue weighted by Crippen LogP contribution is -2.29. The van der Waals surface area contributed by atoms with Crippen LogP contribution in [0.25, 0.3) is 11.0 Å². The van der Waals surface area contributed by atoms with Gasteiger partial charge in [-0.25, -0.2) is 0 Å². The molecule has 0 amide bonds. The molecule has 0 aliphatic carbocycles. The number of hydrogen-bond acceptors (Lipinski definition) is 2. The molecule has 0 spiro atoms. The molecule has 1 heterocycles. The summed E-state index contributed by atoms with van der Waals surface area (Å²) in [6, 6.07) is 2.44. The molecule has 0 aliphatic heterocycles. The van der Waals surface area contributed by atoms with Gasteiger partial charge in [-0.1, -0.05) is 0 Å². The Morgan fingerprint density at radius 1 is 1.11 bits per heavy atom. The molecule has 0 saturated carbocycles. The third-order valence-corrected chi connectivity index (χ3v) is 2.87. The molecule has 0 aliphatic rings. The van der Waals surface area contributed by atoms with Crippen molar-refractivity contribution in [2.75, 3.05) is 0 Å². The van der Waals surface area contributed by atoms with Crippen molar-refractivity contribution in [3.05, 3.63) is 42.9 Å². The molecule has 0 atom stereocenters. The number of halogens is 4. The van der Waals surface area contributed by atoms with E-state index >= 15 is 0 Å². The average molecular weight is 323 g/mol. The van der Waals surface area contributed by atoms with Gasteiger partial charge in [-0.15, -0.1) is 0 Å². The Hall–Kier alpha value is -1.57. The molecule has 2 N–H and O–H groups in total. The van der Waals surface area contributed by atoms with E-state index in [9.17, 15) is 22.8 Å². The van der Waals surface area contributed by atoms with Gasteiger partial charge in [-0.3, -0.25) is 9.59 Å². The van der Waals surface area contributed by atoms with Crippen LogP contribution in [0.15, 0.2) is 26.2 Å². The zero-order valence-corrected chi connectivity index (χ0v) is 10.3. The number of aromatic nitrogens is 2. The lowest BCUT2D eigenvalue weighted by atomic mass is 10.1. The maximum Gasteiger partial charge on any atom is 0.393 e. The van der Waals surface area contributed by atoms with E-state index in [-0.39, 0.29) is 21.1 Å². The molecule has 1 aromatic heterocycles. The monoisotopic (exact) mass is 322 g/mol. The first kappa shape index (κ1) is 12.9. The van der Waals surface area contributed by atoms with Gasteiger partial charge in [0.1, 0.15) is 0 Å². The Labute approximate surface area is 106 Å². The summed E-state index contributed by atoms with van der Waals surface area (Å²) in [5.74, 6) is 0. The van der Waals surface area contributed by atoms with Crippen LogP contribution >= 0.6 is 15.9 Å². The highest BCUT2D eigenvalue weighted by Crippen LogP contribution is 2.26. The highest BCUT2D eigenvalue weighted by atomic mass is 79.9. The fourth-order valence-electron chi connectivity index (χ4n) is 1.57. The molecule has 8 heteroatoms. The van der Waals surface area contributed by atoms with Gasteiger partial charge in [-0.05, 0) is 33.6 Å². The number of fused-ring (bicyclic) bond motifs is 1. The van der Waals surface area contributed by atoms with Crippen LogP contribution < -0.4 is 11.1 Å². The van der Waals surface area contributed by atoms with Crippen molar-refractivity contribution in [3.63, 3.8) is 0 Å². The van der Waals surface area contributed by atoms with Crippen LogP contribution in [-0.2, 0) is 6.42 Å². The van der Waals surface area contributed by atoms with Gasteiger partial charge >= 0.3 is 17.3 Å². The normalized spacial score (nSPS) is 12.0. The topological polar surface area (TPSA) is 65.7 Å². The molecule has 0 saturated heterocycles. The molecule has 0 fully saturated rings. The Morgan fingerprint density at radius 2 is 1.72 bits per heavy atom. The molecular formula is C10H6BrF3N2O2. The summed E-state index contributed by atoms with van der Waals surface area (Å²) >= 11 is 3.05. The molecule has 0 unspecified atom stereocenters. The molecule has 4 nitrogen and oxygen atoms in total. The van der Waals surface area contributed by atoms with Crippen LogP contribution in [0.3, 0.4) is 0 Å². The van der Waals surface area contributed by atoms with E-state index in [1.54, 1.807) is 0 Å². The summed E-state index contributed by atoms with van der Waals surface area (Å²) in [6.45, 7) is 0. The van der Waals surface area contributed by atoms with Crippen molar-refractivity contribution < 1.29 is 13.2 Å². The Kier molecular flexibility index (Phi) is 3.05. The van der Waals surface area contributed by atoms with Crippen LogP contribution in [0.2, 0.25) is 0 Å². The van der Waals surface area contributed by atoms with Crippen LogP contribution in [0, 0.1) is 0 Å². The standard InChI is InChI=1S/C10H6BrF3N2O2/c11-5-1-4(3-10(12,13)14)2-6-7(5)16-9(18)8(17)15-6/h1-2H,3H2,(H,15,17)(H,16,18). The number of aromatic amines is 2. The quantitative estimate of drug-likeness (QED) is 0.789. The van der Waals surface area contributed by atoms with Gasteiger partial charge in [0.15, 0.2) is 0 Å². The number of alkyl halides is 3. The highest BCUT2D eigenvalue weighted by molar-refractivity contribution is 9.10. The van der Waals surface area contributed by atoms with Crippen LogP contribution in [0.1, 0.15) is 5.56 Å². The molecule has 0 bridgehead atoms. The summed E-state index contributed by atoms with van der Waals surface area (Å²) in [5.41, 5.74) is -1.37. The van der Waals surface area contributed by atoms with Crippen LogP contribution in [0.5, 0.6) is 0 Å². The first-order valence-corrected chi connectivity index (χ1v) is 5.57. The summed E-state index contributed by atoms with van der Waals surface area (Å²) < 4.78 is 37.1. The van der Waals surface area contributed by atoms with Gasteiger partial charge in [0, 0.05) is 4.47 Å². The molecule has 2 aromatic rings. The van der Waals surface area contributed by atoms with E-state index in [1.807, 2.05) is 0 Å². The maximum absolute atomic E-state index is 12.3. The predicted octanol–water partition coefficient (Wildman–Crippen LogP) is 2.08. The number of hydrogen-bond donors (Lipinski definition) is 2. The number of benzene rings is 1. The van der Waals surface area contributed by atoms with E-state index in [2.05, 4.69) is 25.9 Å². The Bertz CT molecular complexity index is 718. The maximum atomic E-state index is 12.3. The van der Waals surface area contributed by atoms with E-state index < -0.39 is 23.7 Å². The second kappa shape index (κ2) is 4.27. The summed E-state index contributed by atoms with van der Waals surface area (Å²) in [5, 5.41) is 0. The van der Waals surface area contributed by atoms with Crippen molar-refractivity contribution in [1.82, 2.24) is 9.97 Å². The highest BCUT2D eigenvalue weighted by Gasteiger charge is 2.28. The van der Waals surface area contributed by atoms with E-state index in [0.29, 0.717) is 0 Å². The van der Waals surface area contributed by atoms with E-state index in [4.69, 9.17) is 0 Å². The smallest absolute Gasteiger partial charge is 0.316 e. The van der Waals surface area contributed by atoms with Crippen molar-refractivity contribution in [3.8, 4) is 0 Å². The first-order chi connectivity index (χ1) is 8.26. The van der Waals surface area contributed by atoms with Gasteiger partial charge in [-0.2, -0.15) is 13.2 Å². The van der Waals surface area contributed by atoms with Crippen LogP contribution in [0.4, 0.5) is 13.2 Å². The van der Waals surface area contributed by atoms with Crippen LogP contribution in [-0.4, -0.2) is 16.1 Å². The lowest BCUT2D eigenvalue weighted by Gasteiger charge is -2.08. The van der Waals surface area contributed by atoms with E-state index in [1.165, 1.54) is 12.1 Å². The molecule has 1 aromatic carbocycles.